The number of rotatable bonds is 4. The number of carboxylic acid groups (broad SMARTS) is 1. The summed E-state index contributed by atoms with van der Waals surface area (Å²) in [5.41, 5.74) is 1.89. The Morgan fingerprint density at radius 3 is 3.00 bits per heavy atom. The van der Waals surface area contributed by atoms with Crippen LogP contribution in [-0.2, 0) is 11.2 Å². The van der Waals surface area contributed by atoms with Gasteiger partial charge in [0.15, 0.2) is 12.2 Å². The van der Waals surface area contributed by atoms with Crippen molar-refractivity contribution in [1.82, 2.24) is 4.98 Å². The van der Waals surface area contributed by atoms with Crippen molar-refractivity contribution >= 4 is 5.97 Å². The lowest BCUT2D eigenvalue weighted by molar-refractivity contribution is -0.141. The number of benzene rings is 1. The Hall–Kier alpha value is -2.10. The smallest absolute Gasteiger partial charge is 0.306 e. The van der Waals surface area contributed by atoms with Gasteiger partial charge in [-0.25, -0.2) is 4.98 Å². The van der Waals surface area contributed by atoms with Crippen molar-refractivity contribution in [3.63, 3.8) is 0 Å². The third-order valence-electron chi connectivity index (χ3n) is 2.61. The molecule has 0 saturated carbocycles. The molecule has 1 heterocycles. The van der Waals surface area contributed by atoms with Gasteiger partial charge in [0.1, 0.15) is 0 Å². The molecule has 2 aromatic rings. The third-order valence-corrected chi connectivity index (χ3v) is 2.61. The fraction of sp³-hybridized carbons (Fsp3) is 0.231. The standard InChI is InChI=1S/C13H13NO3/c1-9(13(15)16)5-10-3-2-4-11(6-10)12-7-14-8-17-12/h2-4,6-9H,5H2,1H3,(H,15,16). The fourth-order valence-corrected chi connectivity index (χ4v) is 1.65. The van der Waals surface area contributed by atoms with Crippen molar-refractivity contribution in [2.45, 2.75) is 13.3 Å². The van der Waals surface area contributed by atoms with E-state index < -0.39 is 5.97 Å². The number of hydrogen-bond acceptors (Lipinski definition) is 3. The summed E-state index contributed by atoms with van der Waals surface area (Å²) in [5.74, 6) is -0.482. The molecule has 4 heteroatoms. The van der Waals surface area contributed by atoms with E-state index in [1.807, 2.05) is 24.3 Å². The first kappa shape index (κ1) is 11.4. The average Bonchev–Trinajstić information content (AvgIpc) is 2.82. The number of carbonyl (C=O) groups is 1. The van der Waals surface area contributed by atoms with Gasteiger partial charge in [-0.2, -0.15) is 0 Å². The molecule has 0 aliphatic rings. The number of oxazole rings is 1. The van der Waals surface area contributed by atoms with E-state index >= 15 is 0 Å². The van der Waals surface area contributed by atoms with Crippen LogP contribution in [0.1, 0.15) is 12.5 Å². The van der Waals surface area contributed by atoms with Gasteiger partial charge in [0.25, 0.3) is 0 Å². The highest BCUT2D eigenvalue weighted by molar-refractivity contribution is 5.70. The molecule has 0 bridgehead atoms. The molecule has 0 spiro atoms. The molecule has 0 radical (unpaired) electrons. The zero-order chi connectivity index (χ0) is 12.3. The molecule has 0 aliphatic carbocycles. The molecule has 2 rings (SSSR count). The van der Waals surface area contributed by atoms with Gasteiger partial charge in [-0.15, -0.1) is 0 Å². The van der Waals surface area contributed by atoms with E-state index in [4.69, 9.17) is 9.52 Å². The average molecular weight is 231 g/mol. The van der Waals surface area contributed by atoms with Gasteiger partial charge in [-0.05, 0) is 18.1 Å². The summed E-state index contributed by atoms with van der Waals surface area (Å²) < 4.78 is 5.20. The van der Waals surface area contributed by atoms with Crippen LogP contribution in [0.5, 0.6) is 0 Å². The minimum absolute atomic E-state index is 0.389. The van der Waals surface area contributed by atoms with Gasteiger partial charge in [0.05, 0.1) is 12.1 Å². The van der Waals surface area contributed by atoms with Gasteiger partial charge < -0.3 is 9.52 Å². The fourth-order valence-electron chi connectivity index (χ4n) is 1.65. The first-order valence-corrected chi connectivity index (χ1v) is 5.37. The summed E-state index contributed by atoms with van der Waals surface area (Å²) in [7, 11) is 0. The molecule has 1 unspecified atom stereocenters. The lowest BCUT2D eigenvalue weighted by atomic mass is 9.99. The lowest BCUT2D eigenvalue weighted by Gasteiger charge is -2.07. The minimum atomic E-state index is -0.782. The van der Waals surface area contributed by atoms with E-state index in [0.29, 0.717) is 12.2 Å². The molecule has 4 nitrogen and oxygen atoms in total. The van der Waals surface area contributed by atoms with Gasteiger partial charge in [-0.3, -0.25) is 4.79 Å². The first-order chi connectivity index (χ1) is 8.16. The van der Waals surface area contributed by atoms with Gasteiger partial charge in [-0.1, -0.05) is 25.1 Å². The summed E-state index contributed by atoms with van der Waals surface area (Å²) in [5, 5.41) is 8.87. The van der Waals surface area contributed by atoms with Gasteiger partial charge >= 0.3 is 5.97 Å². The second kappa shape index (κ2) is 4.82. The number of aliphatic carboxylic acids is 1. The van der Waals surface area contributed by atoms with Crippen molar-refractivity contribution in [2.24, 2.45) is 5.92 Å². The summed E-state index contributed by atoms with van der Waals surface area (Å²) in [6.07, 6.45) is 3.53. The molecule has 0 fully saturated rings. The van der Waals surface area contributed by atoms with E-state index in [1.165, 1.54) is 6.39 Å². The zero-order valence-corrected chi connectivity index (χ0v) is 9.46. The monoisotopic (exact) mass is 231 g/mol. The first-order valence-electron chi connectivity index (χ1n) is 5.37. The minimum Gasteiger partial charge on any atom is -0.481 e. The van der Waals surface area contributed by atoms with Gasteiger partial charge in [0, 0.05) is 5.56 Å². The van der Waals surface area contributed by atoms with Crippen LogP contribution in [0.25, 0.3) is 11.3 Å². The van der Waals surface area contributed by atoms with Crippen LogP contribution in [0.15, 0.2) is 41.3 Å². The third kappa shape index (κ3) is 2.72. The van der Waals surface area contributed by atoms with Crippen molar-refractivity contribution in [1.29, 1.82) is 0 Å². The normalized spacial score (nSPS) is 12.3. The van der Waals surface area contributed by atoms with E-state index in [1.54, 1.807) is 13.1 Å². The van der Waals surface area contributed by atoms with Gasteiger partial charge in [0.2, 0.25) is 0 Å². The molecule has 1 aromatic heterocycles. The van der Waals surface area contributed by atoms with Crippen molar-refractivity contribution < 1.29 is 14.3 Å². The Morgan fingerprint density at radius 1 is 1.53 bits per heavy atom. The molecule has 0 saturated heterocycles. The topological polar surface area (TPSA) is 63.3 Å². The largest absolute Gasteiger partial charge is 0.481 e. The highest BCUT2D eigenvalue weighted by Crippen LogP contribution is 2.21. The molecule has 0 amide bonds. The molecule has 1 N–H and O–H groups in total. The van der Waals surface area contributed by atoms with E-state index in [2.05, 4.69) is 4.98 Å². The number of hydrogen-bond donors (Lipinski definition) is 1. The Bertz CT molecular complexity index is 505. The van der Waals surface area contributed by atoms with Crippen LogP contribution in [0.2, 0.25) is 0 Å². The van der Waals surface area contributed by atoms with Crippen LogP contribution < -0.4 is 0 Å². The maximum absolute atomic E-state index is 10.8. The highest BCUT2D eigenvalue weighted by Gasteiger charge is 2.12. The maximum atomic E-state index is 10.8. The van der Waals surface area contributed by atoms with E-state index in [-0.39, 0.29) is 5.92 Å². The molecular weight excluding hydrogens is 218 g/mol. The van der Waals surface area contributed by atoms with Crippen LogP contribution in [0.4, 0.5) is 0 Å². The summed E-state index contributed by atoms with van der Waals surface area (Å²) >= 11 is 0. The Kier molecular flexibility index (Phi) is 3.23. The maximum Gasteiger partial charge on any atom is 0.306 e. The number of nitrogens with zero attached hydrogens (tertiary/aromatic N) is 1. The second-order valence-electron chi connectivity index (χ2n) is 4.01. The van der Waals surface area contributed by atoms with Crippen molar-refractivity contribution in [2.75, 3.05) is 0 Å². The lowest BCUT2D eigenvalue weighted by Crippen LogP contribution is -2.12. The molecule has 1 atom stereocenters. The molecule has 1 aromatic carbocycles. The van der Waals surface area contributed by atoms with E-state index in [0.717, 1.165) is 11.1 Å². The molecular formula is C13H13NO3. The quantitative estimate of drug-likeness (QED) is 0.878. The predicted octanol–water partition coefficient (Wildman–Crippen LogP) is 2.60. The Balaban J connectivity index is 2.20. The van der Waals surface area contributed by atoms with E-state index in [9.17, 15) is 4.79 Å². The summed E-state index contributed by atoms with van der Waals surface area (Å²) in [6, 6.07) is 7.65. The van der Waals surface area contributed by atoms with Crippen molar-refractivity contribution in [3.8, 4) is 11.3 Å². The predicted molar refractivity (Wildman–Crippen MR) is 62.4 cm³/mol. The van der Waals surface area contributed by atoms with Crippen LogP contribution >= 0.6 is 0 Å². The van der Waals surface area contributed by atoms with Crippen molar-refractivity contribution in [3.05, 3.63) is 42.4 Å². The summed E-state index contributed by atoms with van der Waals surface area (Å²) in [6.45, 7) is 1.70. The Labute approximate surface area is 98.9 Å². The molecule has 17 heavy (non-hydrogen) atoms. The highest BCUT2D eigenvalue weighted by atomic mass is 16.4. The zero-order valence-electron chi connectivity index (χ0n) is 9.46. The number of aromatic nitrogens is 1. The molecule has 88 valence electrons. The Morgan fingerprint density at radius 2 is 2.35 bits per heavy atom. The van der Waals surface area contributed by atoms with Crippen LogP contribution in [-0.4, -0.2) is 16.1 Å². The van der Waals surface area contributed by atoms with Crippen LogP contribution in [0, 0.1) is 5.92 Å². The molecule has 0 aliphatic heterocycles. The second-order valence-corrected chi connectivity index (χ2v) is 4.01. The number of carboxylic acids is 1. The SMILES string of the molecule is CC(Cc1cccc(-c2cnco2)c1)C(=O)O. The van der Waals surface area contributed by atoms with Crippen LogP contribution in [0.3, 0.4) is 0 Å². The summed E-state index contributed by atoms with van der Waals surface area (Å²) in [4.78, 5) is 14.6.